The Morgan fingerprint density at radius 1 is 0.775 bits per heavy atom. The van der Waals surface area contributed by atoms with Gasteiger partial charge in [0.15, 0.2) is 0 Å². The van der Waals surface area contributed by atoms with Crippen LogP contribution in [-0.4, -0.2) is 24.9 Å². The van der Waals surface area contributed by atoms with E-state index in [-0.39, 0.29) is 34.3 Å². The van der Waals surface area contributed by atoms with Crippen molar-refractivity contribution in [2.45, 2.75) is 77.5 Å². The van der Waals surface area contributed by atoms with Gasteiger partial charge < -0.3 is 10.6 Å². The maximum Gasteiger partial charge on any atom is 0.218 e. The second-order valence-electron chi connectivity index (χ2n) is 12.7. The van der Waals surface area contributed by atoms with Crippen molar-refractivity contribution >= 4 is 11.8 Å². The lowest BCUT2D eigenvalue weighted by Crippen LogP contribution is -2.53. The number of carbonyl (C=O) groups excluding carboxylic acids is 2. The van der Waals surface area contributed by atoms with Crippen molar-refractivity contribution in [2.24, 2.45) is 22.7 Å². The summed E-state index contributed by atoms with van der Waals surface area (Å²) < 4.78 is 27.8. The molecule has 0 heterocycles. The minimum Gasteiger partial charge on any atom is -0.337 e. The highest BCUT2D eigenvalue weighted by Crippen LogP contribution is 2.67. The smallest absolute Gasteiger partial charge is 0.218 e. The highest BCUT2D eigenvalue weighted by molar-refractivity contribution is 5.73. The zero-order valence-corrected chi connectivity index (χ0v) is 23.6. The first-order valence-corrected chi connectivity index (χ1v) is 14.6. The predicted molar refractivity (Wildman–Crippen MR) is 151 cm³/mol. The quantitative estimate of drug-likeness (QED) is 0.263. The third-order valence-electron chi connectivity index (χ3n) is 9.37. The number of hydrogen-bond donors (Lipinski definition) is 4. The first-order chi connectivity index (χ1) is 19.1. The van der Waals surface area contributed by atoms with Gasteiger partial charge in [-0.1, -0.05) is 24.3 Å². The lowest BCUT2D eigenvalue weighted by Gasteiger charge is -2.63. The van der Waals surface area contributed by atoms with Crippen molar-refractivity contribution in [2.75, 3.05) is 13.1 Å². The van der Waals surface area contributed by atoms with Gasteiger partial charge in [-0.3, -0.25) is 20.2 Å². The number of rotatable bonds is 12. The average Bonchev–Trinajstić information content (AvgIpc) is 2.86. The third kappa shape index (κ3) is 6.89. The van der Waals surface area contributed by atoms with Crippen LogP contribution < -0.4 is 21.3 Å². The fourth-order valence-corrected chi connectivity index (χ4v) is 8.48. The van der Waals surface area contributed by atoms with E-state index in [1.807, 2.05) is 12.1 Å². The molecule has 4 saturated carbocycles. The largest absolute Gasteiger partial charge is 0.337 e. The normalized spacial score (nSPS) is 28.2. The van der Waals surface area contributed by atoms with E-state index >= 15 is 0 Å². The Labute approximate surface area is 236 Å². The Hall–Kier alpha value is -2.84. The summed E-state index contributed by atoms with van der Waals surface area (Å²) in [5.74, 6) is 0.543. The van der Waals surface area contributed by atoms with Crippen LogP contribution in [0.2, 0.25) is 0 Å². The molecule has 2 atom stereocenters. The molecule has 2 unspecified atom stereocenters. The van der Waals surface area contributed by atoms with E-state index < -0.39 is 12.3 Å². The minimum absolute atomic E-state index is 0.154. The third-order valence-corrected chi connectivity index (χ3v) is 9.37. The summed E-state index contributed by atoms with van der Waals surface area (Å²) in [7, 11) is 0. The highest BCUT2D eigenvalue weighted by atomic mass is 19.1. The number of carbonyl (C=O) groups is 2. The molecule has 0 radical (unpaired) electrons. The van der Waals surface area contributed by atoms with Crippen LogP contribution in [-0.2, 0) is 9.59 Å². The standard InChI is InChI=1S/C32H42F2N4O2/c1-21(39)37-29(25-5-3-7-27(33)14-25)35-11-9-31-16-23-13-24(17-31)19-32(18-23,20-31)10-12-36-30(38-22(2)40)26-6-4-8-28(34)15-26/h3-8,14-15,23-24,29-30,35-36H,9-13,16-20H2,1-2H3,(H,37,39)(H,38,40). The van der Waals surface area contributed by atoms with Gasteiger partial charge in [-0.2, -0.15) is 0 Å². The zero-order chi connectivity index (χ0) is 28.3. The van der Waals surface area contributed by atoms with Crippen molar-refractivity contribution in [3.05, 3.63) is 71.3 Å². The molecule has 2 amide bonds. The molecule has 4 aliphatic carbocycles. The summed E-state index contributed by atoms with van der Waals surface area (Å²) in [6, 6.07) is 12.8. The van der Waals surface area contributed by atoms with Gasteiger partial charge in [-0.05, 0) is 123 Å². The van der Waals surface area contributed by atoms with Crippen molar-refractivity contribution in [1.82, 2.24) is 21.3 Å². The molecule has 6 nitrogen and oxygen atoms in total. The van der Waals surface area contributed by atoms with Crippen LogP contribution in [0.25, 0.3) is 0 Å². The van der Waals surface area contributed by atoms with E-state index in [0.29, 0.717) is 0 Å². The Morgan fingerprint density at radius 2 is 1.20 bits per heavy atom. The molecule has 0 spiro atoms. The van der Waals surface area contributed by atoms with Gasteiger partial charge >= 0.3 is 0 Å². The van der Waals surface area contributed by atoms with Gasteiger partial charge in [-0.25, -0.2) is 8.78 Å². The number of halogens is 2. The Morgan fingerprint density at radius 3 is 1.57 bits per heavy atom. The Bertz CT molecular complexity index is 1120. The lowest BCUT2D eigenvalue weighted by molar-refractivity contribution is -0.120. The molecule has 4 N–H and O–H groups in total. The Kier molecular flexibility index (Phi) is 8.57. The van der Waals surface area contributed by atoms with E-state index in [2.05, 4.69) is 21.3 Å². The van der Waals surface area contributed by atoms with Gasteiger partial charge in [0, 0.05) is 13.8 Å². The summed E-state index contributed by atoms with van der Waals surface area (Å²) in [4.78, 5) is 23.7. The Balaban J connectivity index is 1.22. The molecule has 0 aliphatic heterocycles. The maximum absolute atomic E-state index is 13.9. The summed E-state index contributed by atoms with van der Waals surface area (Å²) in [5, 5.41) is 12.9. The van der Waals surface area contributed by atoms with Gasteiger partial charge in [0.2, 0.25) is 11.8 Å². The SMILES string of the molecule is CC(=O)NC(NCCC12CC3CC(C1)CC(CCNC(NC(C)=O)c1cccc(F)c1)(C3)C2)c1cccc(F)c1. The van der Waals surface area contributed by atoms with Crippen molar-refractivity contribution in [1.29, 1.82) is 0 Å². The van der Waals surface area contributed by atoms with Crippen LogP contribution in [0.5, 0.6) is 0 Å². The molecule has 4 aliphatic rings. The van der Waals surface area contributed by atoms with E-state index in [1.54, 1.807) is 12.1 Å². The van der Waals surface area contributed by atoms with Crippen molar-refractivity contribution < 1.29 is 18.4 Å². The summed E-state index contributed by atoms with van der Waals surface area (Å²) in [5.41, 5.74) is 1.99. The van der Waals surface area contributed by atoms with Gasteiger partial charge in [0.1, 0.15) is 24.0 Å². The second-order valence-corrected chi connectivity index (χ2v) is 12.7. The van der Waals surface area contributed by atoms with Crippen LogP contribution in [0.4, 0.5) is 8.78 Å². The van der Waals surface area contributed by atoms with Crippen LogP contribution >= 0.6 is 0 Å². The molecule has 40 heavy (non-hydrogen) atoms. The highest BCUT2D eigenvalue weighted by Gasteiger charge is 2.56. The van der Waals surface area contributed by atoms with Crippen molar-refractivity contribution in [3.63, 3.8) is 0 Å². The van der Waals surface area contributed by atoms with E-state index in [0.717, 1.165) is 48.9 Å². The predicted octanol–water partition coefficient (Wildman–Crippen LogP) is 5.48. The lowest BCUT2D eigenvalue weighted by atomic mass is 9.43. The molecule has 2 aromatic carbocycles. The van der Waals surface area contributed by atoms with Crippen LogP contribution in [0.15, 0.2) is 48.5 Å². The molecule has 4 bridgehead atoms. The first-order valence-electron chi connectivity index (χ1n) is 14.6. The van der Waals surface area contributed by atoms with E-state index in [1.165, 1.54) is 76.6 Å². The molecule has 2 aromatic rings. The van der Waals surface area contributed by atoms with Gasteiger partial charge in [0.25, 0.3) is 0 Å². The van der Waals surface area contributed by atoms with E-state index in [9.17, 15) is 18.4 Å². The second kappa shape index (κ2) is 12.0. The zero-order valence-electron chi connectivity index (χ0n) is 23.6. The number of amides is 2. The number of hydrogen-bond acceptors (Lipinski definition) is 4. The molecule has 4 fully saturated rings. The topological polar surface area (TPSA) is 82.3 Å². The maximum atomic E-state index is 13.9. The molecule has 0 aromatic heterocycles. The number of benzene rings is 2. The molecule has 0 saturated heterocycles. The fraction of sp³-hybridized carbons (Fsp3) is 0.562. The van der Waals surface area contributed by atoms with Gasteiger partial charge in [-0.15, -0.1) is 0 Å². The minimum atomic E-state index is -0.422. The van der Waals surface area contributed by atoms with Crippen LogP contribution in [0.3, 0.4) is 0 Å². The summed E-state index contributed by atoms with van der Waals surface area (Å²) in [6.45, 7) is 4.46. The summed E-state index contributed by atoms with van der Waals surface area (Å²) in [6.07, 6.45) is 8.73. The molecule has 6 rings (SSSR count). The fourth-order valence-electron chi connectivity index (χ4n) is 8.48. The van der Waals surface area contributed by atoms with Crippen LogP contribution in [0.1, 0.15) is 88.7 Å². The monoisotopic (exact) mass is 552 g/mol. The molecular weight excluding hydrogens is 510 g/mol. The average molecular weight is 553 g/mol. The van der Waals surface area contributed by atoms with Gasteiger partial charge in [0.05, 0.1) is 0 Å². The van der Waals surface area contributed by atoms with Crippen molar-refractivity contribution in [3.8, 4) is 0 Å². The number of nitrogens with one attached hydrogen (secondary N) is 4. The molecule has 216 valence electrons. The first kappa shape index (κ1) is 28.7. The summed E-state index contributed by atoms with van der Waals surface area (Å²) >= 11 is 0. The van der Waals surface area contributed by atoms with E-state index in [4.69, 9.17) is 0 Å². The molecule has 8 heteroatoms. The molecular formula is C32H42F2N4O2. The van der Waals surface area contributed by atoms with Crippen LogP contribution in [0, 0.1) is 34.3 Å².